The van der Waals surface area contributed by atoms with Gasteiger partial charge in [0, 0.05) is 0 Å². The summed E-state index contributed by atoms with van der Waals surface area (Å²) in [5, 5.41) is 12.4. The summed E-state index contributed by atoms with van der Waals surface area (Å²) in [5.74, 6) is 0. The lowest BCUT2D eigenvalue weighted by Crippen LogP contribution is -3.08. The highest BCUT2D eigenvalue weighted by Crippen LogP contribution is 2.15. The molecular formula is C26H55NO. The van der Waals surface area contributed by atoms with Crippen molar-refractivity contribution in [1.82, 2.24) is 0 Å². The van der Waals surface area contributed by atoms with Crippen molar-refractivity contribution in [2.75, 3.05) is 7.05 Å². The van der Waals surface area contributed by atoms with E-state index >= 15 is 0 Å². The van der Waals surface area contributed by atoms with E-state index in [2.05, 4.69) is 13.8 Å². The van der Waals surface area contributed by atoms with Crippen LogP contribution in [0.15, 0.2) is 0 Å². The molecule has 0 amide bonds. The van der Waals surface area contributed by atoms with Gasteiger partial charge >= 0.3 is 0 Å². The van der Waals surface area contributed by atoms with Crippen LogP contribution >= 0.6 is 0 Å². The summed E-state index contributed by atoms with van der Waals surface area (Å²) < 4.78 is 0. The minimum Gasteiger partial charge on any atom is -0.634 e. The van der Waals surface area contributed by atoms with Crippen LogP contribution in [-0.2, 0) is 0 Å². The molecule has 0 fully saturated rings. The quantitative estimate of drug-likeness (QED) is 0.137. The molecule has 2 heteroatoms. The fourth-order valence-electron chi connectivity index (χ4n) is 4.31. The van der Waals surface area contributed by atoms with Gasteiger partial charge in [-0.15, -0.1) is 0 Å². The van der Waals surface area contributed by atoms with Gasteiger partial charge in [-0.1, -0.05) is 129 Å². The number of hydroxylamine groups is 2. The topological polar surface area (TPSA) is 27.5 Å². The Morgan fingerprint density at radius 2 is 0.714 bits per heavy atom. The first kappa shape index (κ1) is 27.9. The van der Waals surface area contributed by atoms with Gasteiger partial charge in [-0.3, -0.25) is 0 Å². The van der Waals surface area contributed by atoms with Gasteiger partial charge in [0.15, 0.2) is 0 Å². The van der Waals surface area contributed by atoms with Crippen molar-refractivity contribution in [2.45, 2.75) is 161 Å². The summed E-state index contributed by atoms with van der Waals surface area (Å²) in [6, 6.07) is 0.350. The van der Waals surface area contributed by atoms with Crippen LogP contribution in [0, 0.1) is 5.21 Å². The first-order valence-corrected chi connectivity index (χ1v) is 13.2. The van der Waals surface area contributed by atoms with Gasteiger partial charge in [-0.25, -0.2) is 0 Å². The normalized spacial score (nSPS) is 12.8. The predicted molar refractivity (Wildman–Crippen MR) is 127 cm³/mol. The van der Waals surface area contributed by atoms with Crippen molar-refractivity contribution in [2.24, 2.45) is 0 Å². The third-order valence-electron chi connectivity index (χ3n) is 6.39. The lowest BCUT2D eigenvalue weighted by atomic mass is 9.99. The van der Waals surface area contributed by atoms with Gasteiger partial charge in [-0.05, 0) is 25.7 Å². The summed E-state index contributed by atoms with van der Waals surface area (Å²) in [4.78, 5) is 0. The van der Waals surface area contributed by atoms with Crippen LogP contribution in [0.2, 0.25) is 0 Å². The number of nitrogens with one attached hydrogen (secondary N) is 1. The van der Waals surface area contributed by atoms with Crippen molar-refractivity contribution in [3.05, 3.63) is 5.21 Å². The van der Waals surface area contributed by atoms with Crippen LogP contribution in [0.25, 0.3) is 0 Å². The molecular weight excluding hydrogens is 342 g/mol. The van der Waals surface area contributed by atoms with Crippen LogP contribution in [0.3, 0.4) is 0 Å². The zero-order chi connectivity index (χ0) is 20.7. The average molecular weight is 398 g/mol. The largest absolute Gasteiger partial charge is 0.634 e. The first-order chi connectivity index (χ1) is 13.7. The molecule has 1 unspecified atom stereocenters. The first-order valence-electron chi connectivity index (χ1n) is 13.2. The highest BCUT2D eigenvalue weighted by Gasteiger charge is 2.11. The Morgan fingerprint density at radius 1 is 0.464 bits per heavy atom. The maximum Gasteiger partial charge on any atom is 0.0869 e. The smallest absolute Gasteiger partial charge is 0.0869 e. The number of quaternary nitrogens is 1. The maximum atomic E-state index is 11.9. The Labute approximate surface area is 178 Å². The Kier molecular flexibility index (Phi) is 23.1. The molecule has 0 aliphatic carbocycles. The summed E-state index contributed by atoms with van der Waals surface area (Å²) in [7, 11) is 1.82. The second-order valence-electron chi connectivity index (χ2n) is 9.25. The molecule has 0 aromatic carbocycles. The van der Waals surface area contributed by atoms with Crippen LogP contribution in [0.1, 0.15) is 155 Å². The monoisotopic (exact) mass is 397 g/mol. The summed E-state index contributed by atoms with van der Waals surface area (Å²) >= 11 is 0. The molecule has 1 atom stereocenters. The van der Waals surface area contributed by atoms with Crippen molar-refractivity contribution >= 4 is 0 Å². The zero-order valence-electron chi connectivity index (χ0n) is 20.0. The van der Waals surface area contributed by atoms with E-state index in [1.807, 2.05) is 7.05 Å². The summed E-state index contributed by atoms with van der Waals surface area (Å²) in [6.07, 6.45) is 29.9. The van der Waals surface area contributed by atoms with Crippen LogP contribution in [0.4, 0.5) is 0 Å². The molecule has 0 bridgehead atoms. The van der Waals surface area contributed by atoms with Crippen molar-refractivity contribution in [3.8, 4) is 0 Å². The van der Waals surface area contributed by atoms with E-state index in [9.17, 15) is 5.21 Å². The molecule has 1 N–H and O–H groups in total. The molecule has 0 radical (unpaired) electrons. The van der Waals surface area contributed by atoms with E-state index in [-0.39, 0.29) is 0 Å². The fraction of sp³-hybridized carbons (Fsp3) is 1.00. The van der Waals surface area contributed by atoms with Gasteiger partial charge < -0.3 is 10.3 Å². The van der Waals surface area contributed by atoms with Crippen molar-refractivity contribution < 1.29 is 5.06 Å². The number of unbranched alkanes of at least 4 members (excludes halogenated alkanes) is 18. The molecule has 0 aromatic rings. The molecule has 0 saturated heterocycles. The Balaban J connectivity index is 3.44. The minimum absolute atomic E-state index is 0.350. The molecule has 0 saturated carbocycles. The lowest BCUT2D eigenvalue weighted by Gasteiger charge is -2.28. The van der Waals surface area contributed by atoms with E-state index in [1.54, 1.807) is 0 Å². The second kappa shape index (κ2) is 23.2. The Morgan fingerprint density at radius 3 is 0.964 bits per heavy atom. The molecule has 0 heterocycles. The predicted octanol–water partition coefficient (Wildman–Crippen LogP) is 7.99. The third kappa shape index (κ3) is 20.6. The van der Waals surface area contributed by atoms with E-state index in [4.69, 9.17) is 0 Å². The van der Waals surface area contributed by atoms with Gasteiger partial charge in [-0.2, -0.15) is 0 Å². The minimum atomic E-state index is 0.350. The Bertz CT molecular complexity index is 256. The number of hydrogen-bond acceptors (Lipinski definition) is 1. The molecule has 0 aromatic heterocycles. The molecule has 2 nitrogen and oxygen atoms in total. The van der Waals surface area contributed by atoms with Crippen LogP contribution < -0.4 is 5.06 Å². The summed E-state index contributed by atoms with van der Waals surface area (Å²) in [6.45, 7) is 4.57. The van der Waals surface area contributed by atoms with E-state index in [0.29, 0.717) is 11.1 Å². The van der Waals surface area contributed by atoms with Gasteiger partial charge in [0.05, 0.1) is 13.1 Å². The van der Waals surface area contributed by atoms with Crippen LogP contribution in [-0.4, -0.2) is 13.1 Å². The van der Waals surface area contributed by atoms with Crippen molar-refractivity contribution in [3.63, 3.8) is 0 Å². The molecule has 170 valence electrons. The lowest BCUT2D eigenvalue weighted by molar-refractivity contribution is -0.855. The molecule has 0 rings (SSSR count). The molecule has 0 aliphatic rings. The SMILES string of the molecule is CCCCCCCCCCCCC(CCCCCCCCCCCC)[NH+](C)[O-]. The van der Waals surface area contributed by atoms with Gasteiger partial charge in [0.2, 0.25) is 0 Å². The van der Waals surface area contributed by atoms with E-state index in [1.165, 1.54) is 128 Å². The number of rotatable bonds is 23. The molecule has 0 spiro atoms. The standard InChI is InChI=1S/C26H55NO/c1-4-6-8-10-12-14-16-18-20-22-24-26(27(3)28)25-23-21-19-17-15-13-11-9-7-5-2/h26-27H,4-25H2,1-3H3. The average Bonchev–Trinajstić information content (AvgIpc) is 2.68. The molecule has 28 heavy (non-hydrogen) atoms. The van der Waals surface area contributed by atoms with Crippen molar-refractivity contribution in [1.29, 1.82) is 0 Å². The van der Waals surface area contributed by atoms with Gasteiger partial charge in [0.1, 0.15) is 0 Å². The second-order valence-corrected chi connectivity index (χ2v) is 9.25. The zero-order valence-corrected chi connectivity index (χ0v) is 20.0. The van der Waals surface area contributed by atoms with E-state index in [0.717, 1.165) is 12.8 Å². The van der Waals surface area contributed by atoms with Gasteiger partial charge in [0.25, 0.3) is 0 Å². The fourth-order valence-corrected chi connectivity index (χ4v) is 4.31. The Hall–Kier alpha value is -0.0800. The van der Waals surface area contributed by atoms with Crippen LogP contribution in [0.5, 0.6) is 0 Å². The highest BCUT2D eigenvalue weighted by molar-refractivity contribution is 4.59. The maximum absolute atomic E-state index is 11.9. The highest BCUT2D eigenvalue weighted by atomic mass is 16.5. The summed E-state index contributed by atoms with van der Waals surface area (Å²) in [5.41, 5.74) is 0. The number of hydrogen-bond donors (Lipinski definition) is 1. The third-order valence-corrected chi connectivity index (χ3v) is 6.39. The van der Waals surface area contributed by atoms with E-state index < -0.39 is 0 Å². The molecule has 0 aliphatic heterocycles.